The van der Waals surface area contributed by atoms with E-state index in [-0.39, 0.29) is 5.54 Å². The molecule has 0 bridgehead atoms. The molecule has 5 heteroatoms. The number of hydrogen-bond donors (Lipinski definition) is 2. The molecule has 1 unspecified atom stereocenters. The molecule has 15 heavy (non-hydrogen) atoms. The molecule has 1 aliphatic heterocycles. The van der Waals surface area contributed by atoms with Crippen LogP contribution >= 0.6 is 11.5 Å². The van der Waals surface area contributed by atoms with Crippen molar-refractivity contribution in [3.63, 3.8) is 0 Å². The predicted octanol–water partition coefficient (Wildman–Crippen LogP) is 1.58. The normalized spacial score (nSPS) is 30.7. The van der Waals surface area contributed by atoms with Gasteiger partial charge in [-0.1, -0.05) is 0 Å². The van der Waals surface area contributed by atoms with Crippen LogP contribution in [0, 0.1) is 0 Å². The highest BCUT2D eigenvalue weighted by atomic mass is 32.1. The molecule has 0 radical (unpaired) electrons. The first kappa shape index (κ1) is 9.54. The molecule has 0 spiro atoms. The van der Waals surface area contributed by atoms with Crippen molar-refractivity contribution in [3.8, 4) is 0 Å². The maximum absolute atomic E-state index is 4.55. The number of nitrogens with one attached hydrogen (secondary N) is 2. The first-order valence-corrected chi connectivity index (χ1v) is 6.35. The third-order valence-electron chi connectivity index (χ3n) is 3.16. The summed E-state index contributed by atoms with van der Waals surface area (Å²) in [5, 5.41) is 7.86. The molecule has 0 amide bonds. The van der Waals surface area contributed by atoms with E-state index < -0.39 is 0 Å². The first-order chi connectivity index (χ1) is 7.25. The zero-order chi connectivity index (χ0) is 10.3. The van der Waals surface area contributed by atoms with Gasteiger partial charge in [0.25, 0.3) is 0 Å². The van der Waals surface area contributed by atoms with Gasteiger partial charge in [0.1, 0.15) is 5.82 Å². The van der Waals surface area contributed by atoms with Gasteiger partial charge < -0.3 is 10.6 Å². The van der Waals surface area contributed by atoms with Gasteiger partial charge in [-0.3, -0.25) is 0 Å². The predicted molar refractivity (Wildman–Crippen MR) is 61.4 cm³/mol. The van der Waals surface area contributed by atoms with Gasteiger partial charge in [0.2, 0.25) is 5.13 Å². The molecule has 1 atom stereocenters. The largest absolute Gasteiger partial charge is 0.354 e. The van der Waals surface area contributed by atoms with Crippen LogP contribution in [-0.2, 0) is 0 Å². The SMILES string of the molecule is CC1(Nc2nc(C3CC3)ns2)CCNC1. The lowest BCUT2D eigenvalue weighted by Crippen LogP contribution is -2.36. The summed E-state index contributed by atoms with van der Waals surface area (Å²) in [6.45, 7) is 4.36. The van der Waals surface area contributed by atoms with Crippen molar-refractivity contribution in [2.24, 2.45) is 0 Å². The van der Waals surface area contributed by atoms with Gasteiger partial charge in [0.15, 0.2) is 0 Å². The van der Waals surface area contributed by atoms with Crippen LogP contribution in [0.3, 0.4) is 0 Å². The van der Waals surface area contributed by atoms with Gasteiger partial charge in [-0.05, 0) is 32.7 Å². The van der Waals surface area contributed by atoms with Crippen LogP contribution in [0.25, 0.3) is 0 Å². The molecule has 1 aliphatic carbocycles. The Labute approximate surface area is 93.7 Å². The van der Waals surface area contributed by atoms with Crippen LogP contribution in [0.4, 0.5) is 5.13 Å². The Morgan fingerprint density at radius 1 is 1.53 bits per heavy atom. The molecule has 82 valence electrons. The molecule has 2 aliphatic rings. The molecular formula is C10H16N4S. The van der Waals surface area contributed by atoms with Crippen molar-refractivity contribution in [1.29, 1.82) is 0 Å². The maximum atomic E-state index is 4.55. The van der Waals surface area contributed by atoms with E-state index in [1.165, 1.54) is 24.4 Å². The molecule has 1 saturated carbocycles. The van der Waals surface area contributed by atoms with E-state index in [1.807, 2.05) is 0 Å². The van der Waals surface area contributed by atoms with E-state index in [9.17, 15) is 0 Å². The Morgan fingerprint density at radius 2 is 2.40 bits per heavy atom. The van der Waals surface area contributed by atoms with E-state index in [0.29, 0.717) is 5.92 Å². The molecule has 1 saturated heterocycles. The van der Waals surface area contributed by atoms with Crippen molar-refractivity contribution in [2.75, 3.05) is 18.4 Å². The van der Waals surface area contributed by atoms with Gasteiger partial charge in [-0.2, -0.15) is 4.37 Å². The topological polar surface area (TPSA) is 49.8 Å². The van der Waals surface area contributed by atoms with Crippen LogP contribution in [0.5, 0.6) is 0 Å². The van der Waals surface area contributed by atoms with Crippen LogP contribution < -0.4 is 10.6 Å². The quantitative estimate of drug-likeness (QED) is 0.818. The molecule has 2 heterocycles. The fraction of sp³-hybridized carbons (Fsp3) is 0.800. The van der Waals surface area contributed by atoms with Crippen molar-refractivity contribution >= 4 is 16.7 Å². The van der Waals surface area contributed by atoms with Gasteiger partial charge in [0, 0.05) is 24.0 Å². The number of aromatic nitrogens is 2. The van der Waals surface area contributed by atoms with Gasteiger partial charge in [0.05, 0.1) is 5.54 Å². The summed E-state index contributed by atoms with van der Waals surface area (Å²) in [4.78, 5) is 4.55. The Balaban J connectivity index is 1.70. The number of anilines is 1. The Kier molecular flexibility index (Phi) is 2.17. The number of rotatable bonds is 3. The zero-order valence-corrected chi connectivity index (χ0v) is 9.73. The van der Waals surface area contributed by atoms with Crippen LogP contribution in [0.15, 0.2) is 0 Å². The summed E-state index contributed by atoms with van der Waals surface area (Å²) in [6.07, 6.45) is 3.70. The third-order valence-corrected chi connectivity index (χ3v) is 3.81. The Morgan fingerprint density at radius 3 is 3.07 bits per heavy atom. The average Bonchev–Trinajstić information content (AvgIpc) is 2.83. The fourth-order valence-electron chi connectivity index (χ4n) is 1.97. The van der Waals surface area contributed by atoms with E-state index in [2.05, 4.69) is 26.9 Å². The standard InChI is InChI=1S/C10H16N4S/c1-10(4-5-11-6-10)13-9-12-8(14-15-9)7-2-3-7/h7,11H,2-6H2,1H3,(H,12,13,14). The Bertz CT molecular complexity index is 352. The lowest BCUT2D eigenvalue weighted by atomic mass is 10.0. The van der Waals surface area contributed by atoms with Gasteiger partial charge in [-0.15, -0.1) is 0 Å². The highest BCUT2D eigenvalue weighted by molar-refractivity contribution is 7.09. The lowest BCUT2D eigenvalue weighted by Gasteiger charge is -2.23. The van der Waals surface area contributed by atoms with Crippen LogP contribution in [-0.4, -0.2) is 28.0 Å². The Hall–Kier alpha value is -0.680. The molecule has 2 fully saturated rings. The van der Waals surface area contributed by atoms with Crippen LogP contribution in [0.1, 0.15) is 37.9 Å². The molecule has 1 aromatic heterocycles. The summed E-state index contributed by atoms with van der Waals surface area (Å²) in [5.41, 5.74) is 0.167. The maximum Gasteiger partial charge on any atom is 0.203 e. The monoisotopic (exact) mass is 224 g/mol. The molecule has 0 aromatic carbocycles. The fourth-order valence-corrected chi connectivity index (χ4v) is 2.77. The van der Waals surface area contributed by atoms with E-state index in [0.717, 1.165) is 30.5 Å². The van der Waals surface area contributed by atoms with Crippen LogP contribution in [0.2, 0.25) is 0 Å². The summed E-state index contributed by atoms with van der Waals surface area (Å²) >= 11 is 1.50. The van der Waals surface area contributed by atoms with Crippen molar-refractivity contribution in [3.05, 3.63) is 5.82 Å². The first-order valence-electron chi connectivity index (χ1n) is 5.58. The minimum atomic E-state index is 0.167. The van der Waals surface area contributed by atoms with E-state index in [4.69, 9.17) is 0 Å². The van der Waals surface area contributed by atoms with Crippen molar-refractivity contribution < 1.29 is 0 Å². The van der Waals surface area contributed by atoms with Crippen molar-refractivity contribution in [2.45, 2.75) is 37.6 Å². The lowest BCUT2D eigenvalue weighted by molar-refractivity contribution is 0.566. The summed E-state index contributed by atoms with van der Waals surface area (Å²) in [7, 11) is 0. The van der Waals surface area contributed by atoms with E-state index in [1.54, 1.807) is 0 Å². The molecule has 3 rings (SSSR count). The summed E-state index contributed by atoms with van der Waals surface area (Å²) in [5.74, 6) is 1.71. The minimum absolute atomic E-state index is 0.167. The highest BCUT2D eigenvalue weighted by Crippen LogP contribution is 2.39. The molecule has 4 nitrogen and oxygen atoms in total. The summed E-state index contributed by atoms with van der Waals surface area (Å²) < 4.78 is 4.40. The number of hydrogen-bond acceptors (Lipinski definition) is 5. The highest BCUT2D eigenvalue weighted by Gasteiger charge is 2.31. The van der Waals surface area contributed by atoms with Crippen molar-refractivity contribution in [1.82, 2.24) is 14.7 Å². The smallest absolute Gasteiger partial charge is 0.203 e. The molecule has 1 aromatic rings. The van der Waals surface area contributed by atoms with Gasteiger partial charge in [-0.25, -0.2) is 4.98 Å². The summed E-state index contributed by atoms with van der Waals surface area (Å²) in [6, 6.07) is 0. The average molecular weight is 224 g/mol. The zero-order valence-electron chi connectivity index (χ0n) is 8.92. The number of nitrogens with zero attached hydrogens (tertiary/aromatic N) is 2. The second kappa shape index (κ2) is 3.42. The minimum Gasteiger partial charge on any atom is -0.354 e. The van der Waals surface area contributed by atoms with E-state index >= 15 is 0 Å². The third kappa shape index (κ3) is 1.99. The second-order valence-electron chi connectivity index (χ2n) is 4.84. The molecular weight excluding hydrogens is 208 g/mol. The second-order valence-corrected chi connectivity index (χ2v) is 5.60. The van der Waals surface area contributed by atoms with Gasteiger partial charge >= 0.3 is 0 Å². The molecule has 2 N–H and O–H groups in total.